The van der Waals surface area contributed by atoms with E-state index in [0.717, 1.165) is 22.4 Å². The lowest BCUT2D eigenvalue weighted by Gasteiger charge is -2.17. The minimum absolute atomic E-state index is 0.0867. The summed E-state index contributed by atoms with van der Waals surface area (Å²) >= 11 is 0. The Morgan fingerprint density at radius 1 is 1.11 bits per heavy atom. The summed E-state index contributed by atoms with van der Waals surface area (Å²) in [5, 5.41) is 13.9. The Labute approximate surface area is 203 Å². The van der Waals surface area contributed by atoms with E-state index in [1.54, 1.807) is 31.5 Å². The number of nitriles is 1. The number of aryl methyl sites for hydroxylation is 1. The molecule has 0 amide bonds. The van der Waals surface area contributed by atoms with Crippen molar-refractivity contribution < 1.29 is 9.47 Å². The Balaban J connectivity index is 1.96. The highest BCUT2D eigenvalue weighted by Crippen LogP contribution is 2.34. The van der Waals surface area contributed by atoms with Crippen LogP contribution >= 0.6 is 0 Å². The average molecular weight is 467 g/mol. The van der Waals surface area contributed by atoms with Crippen LogP contribution in [0.25, 0.3) is 22.3 Å². The van der Waals surface area contributed by atoms with Gasteiger partial charge in [0.25, 0.3) is 5.56 Å². The molecule has 0 aliphatic rings. The van der Waals surface area contributed by atoms with Gasteiger partial charge in [0.15, 0.2) is 12.4 Å². The molecule has 0 fully saturated rings. The van der Waals surface area contributed by atoms with Gasteiger partial charge >= 0.3 is 0 Å². The lowest BCUT2D eigenvalue weighted by molar-refractivity contribution is 0.367. The summed E-state index contributed by atoms with van der Waals surface area (Å²) in [7, 11) is 1.65. The molecule has 7 heteroatoms. The minimum Gasteiger partial charge on any atom is -0.496 e. The molecule has 7 nitrogen and oxygen atoms in total. The molecule has 0 aliphatic heterocycles. The predicted molar refractivity (Wildman–Crippen MR) is 137 cm³/mol. The molecule has 176 valence electrons. The van der Waals surface area contributed by atoms with E-state index in [1.165, 1.54) is 4.68 Å². The largest absolute Gasteiger partial charge is 0.496 e. The topological polar surface area (TPSA) is 89.5 Å². The fourth-order valence-corrected chi connectivity index (χ4v) is 3.92. The summed E-state index contributed by atoms with van der Waals surface area (Å²) in [6.45, 7) is 6.06. The molecule has 1 aromatic heterocycles. The van der Waals surface area contributed by atoms with E-state index in [-0.39, 0.29) is 18.1 Å². The molecule has 0 N–H and O–H groups in total. The van der Waals surface area contributed by atoms with E-state index in [1.807, 2.05) is 55.5 Å². The van der Waals surface area contributed by atoms with Gasteiger partial charge in [-0.25, -0.2) is 4.98 Å². The van der Waals surface area contributed by atoms with E-state index < -0.39 is 0 Å². The third-order valence-corrected chi connectivity index (χ3v) is 5.72. The molecule has 0 saturated heterocycles. The van der Waals surface area contributed by atoms with Crippen molar-refractivity contribution in [2.24, 2.45) is 5.10 Å². The fraction of sp³-hybridized carbons (Fsp3) is 0.214. The first-order valence-electron chi connectivity index (χ1n) is 11.3. The molecule has 3 aromatic carbocycles. The molecule has 0 aliphatic carbocycles. The van der Waals surface area contributed by atoms with E-state index in [0.29, 0.717) is 28.0 Å². The zero-order valence-electron chi connectivity index (χ0n) is 20.1. The Bertz CT molecular complexity index is 1510. The SMILES string of the molecule is COc1cc(C)c(-c2nc3ccccc3c(=O)n2N=Cc2ccccc2OCC#N)cc1C(C)C. The maximum Gasteiger partial charge on any atom is 0.282 e. The number of methoxy groups -OCH3 is 1. The van der Waals surface area contributed by atoms with Crippen LogP contribution in [0.2, 0.25) is 0 Å². The number of para-hydroxylation sites is 2. The summed E-state index contributed by atoms with van der Waals surface area (Å²) in [6.07, 6.45) is 1.55. The number of ether oxygens (including phenoxy) is 2. The summed E-state index contributed by atoms with van der Waals surface area (Å²) < 4.78 is 12.4. The fourth-order valence-electron chi connectivity index (χ4n) is 3.92. The summed E-state index contributed by atoms with van der Waals surface area (Å²) in [5.41, 5.74) is 3.68. The summed E-state index contributed by atoms with van der Waals surface area (Å²) in [4.78, 5) is 18.4. The first kappa shape index (κ1) is 23.7. The highest BCUT2D eigenvalue weighted by atomic mass is 16.5. The second-order valence-electron chi connectivity index (χ2n) is 8.36. The first-order chi connectivity index (χ1) is 16.9. The van der Waals surface area contributed by atoms with Gasteiger partial charge in [-0.2, -0.15) is 15.0 Å². The molecular weight excluding hydrogens is 440 g/mol. The third-order valence-electron chi connectivity index (χ3n) is 5.72. The number of hydrogen-bond acceptors (Lipinski definition) is 6. The first-order valence-corrected chi connectivity index (χ1v) is 11.3. The van der Waals surface area contributed by atoms with Crippen molar-refractivity contribution in [3.05, 3.63) is 87.7 Å². The van der Waals surface area contributed by atoms with Gasteiger partial charge in [0.1, 0.15) is 17.6 Å². The van der Waals surface area contributed by atoms with Crippen LogP contribution in [0, 0.1) is 18.3 Å². The summed E-state index contributed by atoms with van der Waals surface area (Å²) in [5.74, 6) is 1.94. The molecule has 0 spiro atoms. The zero-order valence-corrected chi connectivity index (χ0v) is 20.1. The van der Waals surface area contributed by atoms with E-state index in [9.17, 15) is 4.79 Å². The van der Waals surface area contributed by atoms with E-state index in [4.69, 9.17) is 19.7 Å². The second kappa shape index (κ2) is 10.2. The Morgan fingerprint density at radius 2 is 1.86 bits per heavy atom. The van der Waals surface area contributed by atoms with E-state index in [2.05, 4.69) is 18.9 Å². The normalized spacial score (nSPS) is 11.2. The number of aromatic nitrogens is 2. The zero-order chi connectivity index (χ0) is 24.9. The number of hydrogen-bond donors (Lipinski definition) is 0. The average Bonchev–Trinajstić information content (AvgIpc) is 2.87. The van der Waals surface area contributed by atoms with Gasteiger partial charge in [0.2, 0.25) is 0 Å². The maximum absolute atomic E-state index is 13.6. The molecule has 4 aromatic rings. The second-order valence-corrected chi connectivity index (χ2v) is 8.36. The van der Waals surface area contributed by atoms with Crippen LogP contribution < -0.4 is 15.0 Å². The van der Waals surface area contributed by atoms with Gasteiger partial charge in [-0.15, -0.1) is 0 Å². The number of nitrogens with zero attached hydrogens (tertiary/aromatic N) is 4. The van der Waals surface area contributed by atoms with Crippen LogP contribution in [0.1, 0.15) is 36.5 Å². The highest BCUT2D eigenvalue weighted by molar-refractivity contribution is 5.84. The highest BCUT2D eigenvalue weighted by Gasteiger charge is 2.18. The lowest BCUT2D eigenvalue weighted by atomic mass is 9.96. The van der Waals surface area contributed by atoms with E-state index >= 15 is 0 Å². The van der Waals surface area contributed by atoms with Gasteiger partial charge in [0.05, 0.1) is 24.2 Å². The van der Waals surface area contributed by atoms with Crippen molar-refractivity contribution in [1.29, 1.82) is 5.26 Å². The number of fused-ring (bicyclic) bond motifs is 1. The van der Waals surface area contributed by atoms with Crippen molar-refractivity contribution >= 4 is 17.1 Å². The van der Waals surface area contributed by atoms with Gasteiger partial charge < -0.3 is 9.47 Å². The Hall–Kier alpha value is -4.44. The van der Waals surface area contributed by atoms with Crippen LogP contribution in [0.3, 0.4) is 0 Å². The molecule has 0 bridgehead atoms. The minimum atomic E-state index is -0.279. The Morgan fingerprint density at radius 3 is 2.60 bits per heavy atom. The van der Waals surface area contributed by atoms with Gasteiger partial charge in [0, 0.05) is 11.1 Å². The molecule has 1 heterocycles. The monoisotopic (exact) mass is 466 g/mol. The molecule has 0 unspecified atom stereocenters. The van der Waals surface area contributed by atoms with Crippen molar-refractivity contribution in [3.63, 3.8) is 0 Å². The lowest BCUT2D eigenvalue weighted by Crippen LogP contribution is -2.21. The van der Waals surface area contributed by atoms with Crippen molar-refractivity contribution in [1.82, 2.24) is 9.66 Å². The molecule has 35 heavy (non-hydrogen) atoms. The van der Waals surface area contributed by atoms with Crippen LogP contribution in [0.15, 0.2) is 70.6 Å². The van der Waals surface area contributed by atoms with Gasteiger partial charge in [-0.3, -0.25) is 4.79 Å². The van der Waals surface area contributed by atoms with Crippen molar-refractivity contribution in [3.8, 4) is 29.0 Å². The van der Waals surface area contributed by atoms with Crippen LogP contribution in [-0.4, -0.2) is 29.6 Å². The Kier molecular flexibility index (Phi) is 6.93. The van der Waals surface area contributed by atoms with Crippen LogP contribution in [0.5, 0.6) is 11.5 Å². The van der Waals surface area contributed by atoms with Crippen molar-refractivity contribution in [2.75, 3.05) is 13.7 Å². The quantitative estimate of drug-likeness (QED) is 0.345. The number of benzene rings is 3. The predicted octanol–water partition coefficient (Wildman–Crippen LogP) is 5.29. The van der Waals surface area contributed by atoms with Crippen molar-refractivity contribution in [2.45, 2.75) is 26.7 Å². The smallest absolute Gasteiger partial charge is 0.282 e. The molecule has 0 radical (unpaired) electrons. The van der Waals surface area contributed by atoms with Crippen LogP contribution in [-0.2, 0) is 0 Å². The van der Waals surface area contributed by atoms with Gasteiger partial charge in [-0.1, -0.05) is 38.1 Å². The standard InChI is InChI=1S/C28H26N4O3/c1-18(2)22-16-23(19(3)15-26(22)34-4)27-31-24-11-7-6-10-21(24)28(33)32(27)30-17-20-9-5-8-12-25(20)35-14-13-29/h5-12,15-18H,14H2,1-4H3. The molecule has 0 saturated carbocycles. The molecule has 4 rings (SSSR count). The third kappa shape index (κ3) is 4.78. The molecule has 0 atom stereocenters. The summed E-state index contributed by atoms with van der Waals surface area (Å²) in [6, 6.07) is 20.4. The molecular formula is C28H26N4O3. The van der Waals surface area contributed by atoms with Gasteiger partial charge in [-0.05, 0) is 60.4 Å². The number of rotatable bonds is 7. The van der Waals surface area contributed by atoms with Crippen LogP contribution in [0.4, 0.5) is 0 Å². The maximum atomic E-state index is 13.6.